The maximum absolute atomic E-state index is 12.0. The maximum Gasteiger partial charge on any atom is 0.236 e. The molecule has 0 bridgehead atoms. The first-order valence-corrected chi connectivity index (χ1v) is 7.04. The van der Waals surface area contributed by atoms with Crippen molar-refractivity contribution < 1.29 is 14.6 Å². The van der Waals surface area contributed by atoms with Gasteiger partial charge in [-0.25, -0.2) is 0 Å². The second-order valence-electron chi connectivity index (χ2n) is 5.19. The second-order valence-corrected chi connectivity index (χ2v) is 5.19. The molecule has 1 aliphatic carbocycles. The Morgan fingerprint density at radius 3 is 2.72 bits per heavy atom. The van der Waals surface area contributed by atoms with Gasteiger partial charge in [0, 0.05) is 19.1 Å². The highest BCUT2D eigenvalue weighted by Crippen LogP contribution is 2.17. The molecular weight excluding hydrogens is 232 g/mol. The normalized spacial score (nSPS) is 29.9. The Bertz CT molecular complexity index is 267. The van der Waals surface area contributed by atoms with Crippen LogP contribution in [0.1, 0.15) is 32.1 Å². The van der Waals surface area contributed by atoms with Crippen molar-refractivity contribution in [3.8, 4) is 0 Å². The predicted molar refractivity (Wildman–Crippen MR) is 68.3 cm³/mol. The number of carbonyl (C=O) groups excluding carboxylic acids is 1. The Morgan fingerprint density at radius 2 is 1.94 bits per heavy atom. The van der Waals surface area contributed by atoms with Crippen LogP contribution in [0.15, 0.2) is 0 Å². The number of aliphatic hydroxyl groups excluding tert-OH is 1. The van der Waals surface area contributed by atoms with E-state index in [1.165, 1.54) is 6.42 Å². The number of amides is 1. The summed E-state index contributed by atoms with van der Waals surface area (Å²) < 4.78 is 5.22. The lowest BCUT2D eigenvalue weighted by Crippen LogP contribution is -2.48. The molecule has 2 unspecified atom stereocenters. The zero-order valence-corrected chi connectivity index (χ0v) is 10.9. The highest BCUT2D eigenvalue weighted by atomic mass is 16.5. The SMILES string of the molecule is O=C(CNC1CCCCCC1O)N1CCOCC1. The molecule has 2 N–H and O–H groups in total. The molecule has 5 nitrogen and oxygen atoms in total. The van der Waals surface area contributed by atoms with Crippen LogP contribution in [0.25, 0.3) is 0 Å². The molecule has 1 saturated heterocycles. The van der Waals surface area contributed by atoms with Crippen LogP contribution in [0, 0.1) is 0 Å². The molecule has 2 aliphatic rings. The van der Waals surface area contributed by atoms with Crippen LogP contribution in [0.3, 0.4) is 0 Å². The summed E-state index contributed by atoms with van der Waals surface area (Å²) >= 11 is 0. The Labute approximate surface area is 108 Å². The minimum atomic E-state index is -0.301. The Morgan fingerprint density at radius 1 is 1.22 bits per heavy atom. The first kappa shape index (κ1) is 13.8. The van der Waals surface area contributed by atoms with Crippen LogP contribution in [0.5, 0.6) is 0 Å². The van der Waals surface area contributed by atoms with Gasteiger partial charge in [-0.3, -0.25) is 4.79 Å². The highest BCUT2D eigenvalue weighted by Gasteiger charge is 2.23. The fraction of sp³-hybridized carbons (Fsp3) is 0.923. The van der Waals surface area contributed by atoms with Gasteiger partial charge in [-0.2, -0.15) is 0 Å². The van der Waals surface area contributed by atoms with Crippen molar-refractivity contribution in [1.82, 2.24) is 10.2 Å². The van der Waals surface area contributed by atoms with E-state index in [9.17, 15) is 9.90 Å². The summed E-state index contributed by atoms with van der Waals surface area (Å²) in [7, 11) is 0. The average molecular weight is 256 g/mol. The number of ether oxygens (including phenoxy) is 1. The van der Waals surface area contributed by atoms with Crippen molar-refractivity contribution in [2.75, 3.05) is 32.8 Å². The standard InChI is InChI=1S/C13H24N2O3/c16-12-5-3-1-2-4-11(12)14-10-13(17)15-6-8-18-9-7-15/h11-12,14,16H,1-10H2. The fourth-order valence-corrected chi connectivity index (χ4v) is 2.67. The van der Waals surface area contributed by atoms with E-state index < -0.39 is 0 Å². The molecule has 2 fully saturated rings. The number of hydrogen-bond acceptors (Lipinski definition) is 4. The Hall–Kier alpha value is -0.650. The van der Waals surface area contributed by atoms with E-state index in [0.29, 0.717) is 32.8 Å². The van der Waals surface area contributed by atoms with Crippen LogP contribution >= 0.6 is 0 Å². The lowest BCUT2D eigenvalue weighted by atomic mass is 10.1. The van der Waals surface area contributed by atoms with Crippen molar-refractivity contribution in [1.29, 1.82) is 0 Å². The van der Waals surface area contributed by atoms with Gasteiger partial charge >= 0.3 is 0 Å². The zero-order chi connectivity index (χ0) is 12.8. The van der Waals surface area contributed by atoms with Crippen molar-refractivity contribution in [2.24, 2.45) is 0 Å². The van der Waals surface area contributed by atoms with Crippen molar-refractivity contribution >= 4 is 5.91 Å². The van der Waals surface area contributed by atoms with E-state index in [0.717, 1.165) is 25.7 Å². The third-order valence-electron chi connectivity index (χ3n) is 3.86. The summed E-state index contributed by atoms with van der Waals surface area (Å²) in [6.07, 6.45) is 4.94. The first-order chi connectivity index (χ1) is 8.77. The molecule has 1 heterocycles. The molecule has 1 aliphatic heterocycles. The molecule has 0 aromatic heterocycles. The maximum atomic E-state index is 12.0. The lowest BCUT2D eigenvalue weighted by Gasteiger charge is -2.28. The van der Waals surface area contributed by atoms with Gasteiger partial charge in [0.25, 0.3) is 0 Å². The minimum Gasteiger partial charge on any atom is -0.392 e. The highest BCUT2D eigenvalue weighted by molar-refractivity contribution is 5.78. The fourth-order valence-electron chi connectivity index (χ4n) is 2.67. The molecular formula is C13H24N2O3. The van der Waals surface area contributed by atoms with Crippen molar-refractivity contribution in [3.05, 3.63) is 0 Å². The molecule has 0 radical (unpaired) electrons. The molecule has 104 valence electrons. The van der Waals surface area contributed by atoms with Crippen molar-refractivity contribution in [2.45, 2.75) is 44.2 Å². The number of rotatable bonds is 3. The predicted octanol–water partition coefficient (Wildman–Crippen LogP) is 0.128. The van der Waals surface area contributed by atoms with E-state index in [-0.39, 0.29) is 18.1 Å². The van der Waals surface area contributed by atoms with E-state index in [1.807, 2.05) is 4.90 Å². The summed E-state index contributed by atoms with van der Waals surface area (Å²) in [5.41, 5.74) is 0. The van der Waals surface area contributed by atoms with E-state index >= 15 is 0 Å². The summed E-state index contributed by atoms with van der Waals surface area (Å²) in [6, 6.07) is 0.0810. The number of nitrogens with one attached hydrogen (secondary N) is 1. The summed E-state index contributed by atoms with van der Waals surface area (Å²) in [5, 5.41) is 13.2. The smallest absolute Gasteiger partial charge is 0.236 e. The van der Waals surface area contributed by atoms with Gasteiger partial charge in [0.2, 0.25) is 5.91 Å². The Balaban J connectivity index is 1.73. The number of aliphatic hydroxyl groups is 1. The number of morpholine rings is 1. The van der Waals surface area contributed by atoms with Crippen LogP contribution < -0.4 is 5.32 Å². The lowest BCUT2D eigenvalue weighted by molar-refractivity contribution is -0.134. The quantitative estimate of drug-likeness (QED) is 0.705. The summed E-state index contributed by atoms with van der Waals surface area (Å²) in [6.45, 7) is 2.98. The topological polar surface area (TPSA) is 61.8 Å². The zero-order valence-electron chi connectivity index (χ0n) is 10.9. The average Bonchev–Trinajstić information content (AvgIpc) is 2.62. The minimum absolute atomic E-state index is 0.0810. The molecule has 0 aromatic rings. The van der Waals surface area contributed by atoms with Gasteiger partial charge in [0.05, 0.1) is 25.9 Å². The molecule has 2 atom stereocenters. The number of nitrogens with zero attached hydrogens (tertiary/aromatic N) is 1. The monoisotopic (exact) mass is 256 g/mol. The second kappa shape index (κ2) is 7.07. The molecule has 0 spiro atoms. The van der Waals surface area contributed by atoms with Gasteiger partial charge in [-0.15, -0.1) is 0 Å². The number of carbonyl (C=O) groups is 1. The molecule has 2 rings (SSSR count). The molecule has 0 aromatic carbocycles. The van der Waals surface area contributed by atoms with Crippen LogP contribution in [0.2, 0.25) is 0 Å². The van der Waals surface area contributed by atoms with E-state index in [1.54, 1.807) is 0 Å². The molecule has 18 heavy (non-hydrogen) atoms. The van der Waals surface area contributed by atoms with Gasteiger partial charge in [0.1, 0.15) is 0 Å². The van der Waals surface area contributed by atoms with Crippen molar-refractivity contribution in [3.63, 3.8) is 0 Å². The largest absolute Gasteiger partial charge is 0.392 e. The van der Waals surface area contributed by atoms with Crippen LogP contribution in [-0.4, -0.2) is 60.9 Å². The van der Waals surface area contributed by atoms with Crippen LogP contribution in [0.4, 0.5) is 0 Å². The summed E-state index contributed by atoms with van der Waals surface area (Å²) in [5.74, 6) is 0.120. The van der Waals surface area contributed by atoms with Gasteiger partial charge in [-0.05, 0) is 12.8 Å². The Kier molecular flexibility index (Phi) is 5.41. The number of hydrogen-bond donors (Lipinski definition) is 2. The van der Waals surface area contributed by atoms with Gasteiger partial charge in [0.15, 0.2) is 0 Å². The third-order valence-corrected chi connectivity index (χ3v) is 3.86. The van der Waals surface area contributed by atoms with E-state index in [4.69, 9.17) is 4.74 Å². The molecule has 5 heteroatoms. The summed E-state index contributed by atoms with van der Waals surface area (Å²) in [4.78, 5) is 13.8. The van der Waals surface area contributed by atoms with Gasteiger partial charge < -0.3 is 20.1 Å². The van der Waals surface area contributed by atoms with Gasteiger partial charge in [-0.1, -0.05) is 19.3 Å². The first-order valence-electron chi connectivity index (χ1n) is 7.04. The van der Waals surface area contributed by atoms with Crippen LogP contribution in [-0.2, 0) is 9.53 Å². The van der Waals surface area contributed by atoms with E-state index in [2.05, 4.69) is 5.32 Å². The molecule has 1 amide bonds. The molecule has 1 saturated carbocycles. The third kappa shape index (κ3) is 3.93.